The average molecular weight is 328 g/mol. The van der Waals surface area contributed by atoms with Crippen molar-refractivity contribution in [3.05, 3.63) is 64.7 Å². The Labute approximate surface area is 143 Å². The molecule has 0 aromatic heterocycles. The van der Waals surface area contributed by atoms with Gasteiger partial charge in [-0.25, -0.2) is 0 Å². The highest BCUT2D eigenvalue weighted by molar-refractivity contribution is 6.30. The Bertz CT molecular complexity index is 677. The minimum atomic E-state index is 0.798. The summed E-state index contributed by atoms with van der Waals surface area (Å²) in [6.07, 6.45) is 3.84. The van der Waals surface area contributed by atoms with Crippen LogP contribution in [0.1, 0.15) is 17.5 Å². The molecule has 2 nitrogen and oxygen atoms in total. The van der Waals surface area contributed by atoms with Crippen molar-refractivity contribution >= 4 is 17.3 Å². The van der Waals surface area contributed by atoms with Gasteiger partial charge in [-0.05, 0) is 35.7 Å². The molecule has 4 rings (SSSR count). The molecule has 3 heteroatoms. The predicted octanol–water partition coefficient (Wildman–Crippen LogP) is 2.60. The zero-order valence-electron chi connectivity index (χ0n) is 13.5. The number of quaternary nitrogens is 1. The largest absolute Gasteiger partial charge is 0.360 e. The lowest BCUT2D eigenvalue weighted by Crippen LogP contribution is -3.18. The molecule has 0 unspecified atom stereocenters. The Balaban J connectivity index is 1.39. The third kappa shape index (κ3) is 3.24. The summed E-state index contributed by atoms with van der Waals surface area (Å²) in [5, 5.41) is 0.834. The molecule has 0 radical (unpaired) electrons. The van der Waals surface area contributed by atoms with Crippen LogP contribution in [-0.4, -0.2) is 32.2 Å². The molecule has 0 saturated carbocycles. The normalized spacial score (nSPS) is 22.0. The van der Waals surface area contributed by atoms with Crippen LogP contribution in [0.5, 0.6) is 0 Å². The fourth-order valence-electron chi connectivity index (χ4n) is 4.18. The van der Waals surface area contributed by atoms with Crippen molar-refractivity contribution in [1.82, 2.24) is 0 Å². The molecule has 23 heavy (non-hydrogen) atoms. The summed E-state index contributed by atoms with van der Waals surface area (Å²) in [6, 6.07) is 18.1. The number of fused-ring (bicyclic) bond motifs is 1. The third-order valence-corrected chi connectivity index (χ3v) is 5.74. The molecule has 2 aromatic rings. The number of piperazine rings is 1. The maximum atomic E-state index is 6.13. The molecule has 120 valence electrons. The molecule has 1 fully saturated rings. The van der Waals surface area contributed by atoms with E-state index in [1.807, 2.05) is 6.07 Å². The van der Waals surface area contributed by atoms with E-state index < -0.39 is 0 Å². The van der Waals surface area contributed by atoms with E-state index in [2.05, 4.69) is 47.4 Å². The first-order valence-corrected chi connectivity index (χ1v) is 9.09. The number of rotatable bonds is 2. The molecule has 1 heterocycles. The number of aryl methyl sites for hydroxylation is 1. The minimum Gasteiger partial charge on any atom is -0.360 e. The molecule has 1 N–H and O–H groups in total. The second kappa shape index (κ2) is 6.54. The van der Waals surface area contributed by atoms with Gasteiger partial charge in [-0.1, -0.05) is 41.9 Å². The van der Waals surface area contributed by atoms with Crippen LogP contribution in [0.4, 0.5) is 5.69 Å². The van der Waals surface area contributed by atoms with Gasteiger partial charge < -0.3 is 9.80 Å². The fourth-order valence-corrected chi connectivity index (χ4v) is 4.36. The Kier molecular flexibility index (Phi) is 4.28. The molecule has 1 aliphatic carbocycles. The van der Waals surface area contributed by atoms with Crippen LogP contribution in [0, 0.1) is 0 Å². The number of nitrogens with zero attached hydrogens (tertiary/aromatic N) is 1. The number of hydrogen-bond donors (Lipinski definition) is 1. The summed E-state index contributed by atoms with van der Waals surface area (Å²) >= 11 is 6.13. The van der Waals surface area contributed by atoms with Crippen LogP contribution in [0.25, 0.3) is 0 Å². The van der Waals surface area contributed by atoms with Crippen LogP contribution >= 0.6 is 11.6 Å². The Morgan fingerprint density at radius 1 is 0.957 bits per heavy atom. The van der Waals surface area contributed by atoms with Gasteiger partial charge in [-0.15, -0.1) is 0 Å². The first-order valence-electron chi connectivity index (χ1n) is 8.71. The molecule has 0 amide bonds. The molecule has 0 spiro atoms. The van der Waals surface area contributed by atoms with E-state index in [4.69, 9.17) is 11.6 Å². The summed E-state index contributed by atoms with van der Waals surface area (Å²) in [6.45, 7) is 4.74. The lowest BCUT2D eigenvalue weighted by atomic mass is 9.87. The number of nitrogens with one attached hydrogen (secondary N) is 1. The summed E-state index contributed by atoms with van der Waals surface area (Å²) in [5.74, 6) is 0. The van der Waals surface area contributed by atoms with E-state index in [-0.39, 0.29) is 0 Å². The van der Waals surface area contributed by atoms with E-state index in [0.717, 1.165) is 24.2 Å². The lowest BCUT2D eigenvalue weighted by molar-refractivity contribution is -0.926. The van der Waals surface area contributed by atoms with Gasteiger partial charge in [-0.3, -0.25) is 0 Å². The number of anilines is 1. The first-order chi connectivity index (χ1) is 11.3. The van der Waals surface area contributed by atoms with Gasteiger partial charge in [0.1, 0.15) is 0 Å². The first kappa shape index (κ1) is 15.0. The van der Waals surface area contributed by atoms with Crippen LogP contribution in [0.15, 0.2) is 48.5 Å². The van der Waals surface area contributed by atoms with Gasteiger partial charge in [-0.2, -0.15) is 0 Å². The Hall–Kier alpha value is -1.51. The van der Waals surface area contributed by atoms with Crippen molar-refractivity contribution in [2.24, 2.45) is 0 Å². The highest BCUT2D eigenvalue weighted by atomic mass is 35.5. The van der Waals surface area contributed by atoms with Crippen molar-refractivity contribution in [3.63, 3.8) is 0 Å². The van der Waals surface area contributed by atoms with E-state index >= 15 is 0 Å². The zero-order valence-corrected chi connectivity index (χ0v) is 14.2. The highest BCUT2D eigenvalue weighted by Crippen LogP contribution is 2.21. The maximum Gasteiger partial charge on any atom is 0.0951 e. The van der Waals surface area contributed by atoms with Crippen molar-refractivity contribution in [1.29, 1.82) is 0 Å². The van der Waals surface area contributed by atoms with E-state index in [1.165, 1.54) is 38.0 Å². The molecule has 1 aliphatic heterocycles. The Morgan fingerprint density at radius 2 is 1.74 bits per heavy atom. The van der Waals surface area contributed by atoms with Gasteiger partial charge in [0.05, 0.1) is 32.2 Å². The molecule has 0 bridgehead atoms. The molecule has 1 atom stereocenters. The van der Waals surface area contributed by atoms with Gasteiger partial charge in [0.25, 0.3) is 0 Å². The van der Waals surface area contributed by atoms with E-state index in [9.17, 15) is 0 Å². The number of benzene rings is 2. The van der Waals surface area contributed by atoms with Crippen LogP contribution in [0.2, 0.25) is 5.02 Å². The number of halogens is 1. The second-order valence-electron chi connectivity index (χ2n) is 6.83. The summed E-state index contributed by atoms with van der Waals surface area (Å²) in [5.41, 5.74) is 4.42. The van der Waals surface area contributed by atoms with Gasteiger partial charge in [0.2, 0.25) is 0 Å². The molecular formula is C20H24ClN2+. The predicted molar refractivity (Wildman–Crippen MR) is 96.6 cm³/mol. The second-order valence-corrected chi connectivity index (χ2v) is 7.27. The molecule has 2 aromatic carbocycles. The minimum absolute atomic E-state index is 0.798. The van der Waals surface area contributed by atoms with Crippen molar-refractivity contribution < 1.29 is 4.90 Å². The molecule has 1 saturated heterocycles. The van der Waals surface area contributed by atoms with Gasteiger partial charge in [0.15, 0.2) is 0 Å². The third-order valence-electron chi connectivity index (χ3n) is 5.50. The van der Waals surface area contributed by atoms with E-state index in [1.54, 1.807) is 16.0 Å². The van der Waals surface area contributed by atoms with Crippen LogP contribution in [0.3, 0.4) is 0 Å². The van der Waals surface area contributed by atoms with Crippen molar-refractivity contribution in [3.8, 4) is 0 Å². The summed E-state index contributed by atoms with van der Waals surface area (Å²) in [7, 11) is 0. The Morgan fingerprint density at radius 3 is 2.52 bits per heavy atom. The number of hydrogen-bond acceptors (Lipinski definition) is 1. The summed E-state index contributed by atoms with van der Waals surface area (Å²) < 4.78 is 0. The van der Waals surface area contributed by atoms with Crippen LogP contribution in [-0.2, 0) is 12.8 Å². The smallest absolute Gasteiger partial charge is 0.0951 e. The summed E-state index contributed by atoms with van der Waals surface area (Å²) in [4.78, 5) is 4.27. The molecule has 2 aliphatic rings. The fraction of sp³-hybridized carbons (Fsp3) is 0.400. The van der Waals surface area contributed by atoms with Crippen molar-refractivity contribution in [2.75, 3.05) is 31.1 Å². The van der Waals surface area contributed by atoms with Crippen LogP contribution < -0.4 is 9.80 Å². The maximum absolute atomic E-state index is 6.13. The lowest BCUT2D eigenvalue weighted by Gasteiger charge is -2.39. The zero-order chi connectivity index (χ0) is 15.6. The van der Waals surface area contributed by atoms with Gasteiger partial charge >= 0.3 is 0 Å². The van der Waals surface area contributed by atoms with E-state index in [0.29, 0.717) is 0 Å². The molecular weight excluding hydrogens is 304 g/mol. The standard InChI is InChI=1S/C20H23ClN2/c21-18-6-3-7-19(15-18)22-10-12-23(13-11-22)20-9-8-16-4-1-2-5-17(16)14-20/h1-7,15,20H,8-14H2/p+1/t20-/m1/s1. The quantitative estimate of drug-likeness (QED) is 0.891. The highest BCUT2D eigenvalue weighted by Gasteiger charge is 2.30. The topological polar surface area (TPSA) is 7.68 Å². The van der Waals surface area contributed by atoms with Crippen molar-refractivity contribution in [2.45, 2.75) is 25.3 Å². The monoisotopic (exact) mass is 327 g/mol. The van der Waals surface area contributed by atoms with Gasteiger partial charge in [0, 0.05) is 23.6 Å². The average Bonchev–Trinajstić information content (AvgIpc) is 2.61. The SMILES string of the molecule is Clc1cccc(N2CC[NH+]([C@@H]3CCc4ccccc4C3)CC2)c1.